The topological polar surface area (TPSA) is 56.5 Å². The molecule has 0 aliphatic carbocycles. The molecule has 0 N–H and O–H groups in total. The average Bonchev–Trinajstić information content (AvgIpc) is 2.75. The number of aromatic nitrogens is 3. The summed E-state index contributed by atoms with van der Waals surface area (Å²) in [5, 5.41) is 0. The second-order valence-electron chi connectivity index (χ2n) is 3.10. The molecule has 17 heavy (non-hydrogen) atoms. The van der Waals surface area contributed by atoms with E-state index in [9.17, 15) is 4.79 Å². The van der Waals surface area contributed by atoms with Crippen molar-refractivity contribution in [3.8, 4) is 0 Å². The molecule has 0 aliphatic heterocycles. The monoisotopic (exact) mass is 299 g/mol. The van der Waals surface area contributed by atoms with Crippen molar-refractivity contribution in [3.63, 3.8) is 0 Å². The zero-order valence-electron chi connectivity index (χ0n) is 9.76. The molecular weight excluding hydrogens is 286 g/mol. The summed E-state index contributed by atoms with van der Waals surface area (Å²) in [6.07, 6.45) is 6.48. The summed E-state index contributed by atoms with van der Waals surface area (Å²) >= 11 is 3.40. The van der Waals surface area contributed by atoms with Gasteiger partial charge in [-0.05, 0) is 29.3 Å². The van der Waals surface area contributed by atoms with Gasteiger partial charge in [-0.1, -0.05) is 6.92 Å². The molecule has 0 atom stereocenters. The van der Waals surface area contributed by atoms with Crippen LogP contribution in [0.4, 0.5) is 0 Å². The Morgan fingerprint density at radius 3 is 2.71 bits per heavy atom. The van der Waals surface area contributed by atoms with Crippen molar-refractivity contribution >= 4 is 28.0 Å². The zero-order chi connectivity index (χ0) is 12.7. The summed E-state index contributed by atoms with van der Waals surface area (Å²) in [7, 11) is 0. The van der Waals surface area contributed by atoms with Crippen LogP contribution in [0, 0.1) is 0 Å². The third-order valence-corrected chi connectivity index (χ3v) is 2.57. The van der Waals surface area contributed by atoms with Crippen LogP contribution in [0.1, 0.15) is 19.5 Å². The van der Waals surface area contributed by atoms with Crippen LogP contribution < -0.4 is 0 Å². The summed E-state index contributed by atoms with van der Waals surface area (Å²) in [6, 6.07) is 0. The van der Waals surface area contributed by atoms with E-state index < -0.39 is 0 Å². The van der Waals surface area contributed by atoms with E-state index in [1.54, 1.807) is 19.3 Å². The van der Waals surface area contributed by atoms with E-state index in [1.807, 2.05) is 10.6 Å². The fourth-order valence-electron chi connectivity index (χ4n) is 1.17. The Balaban J connectivity index is 0.000000249. The fourth-order valence-corrected chi connectivity index (χ4v) is 1.58. The highest BCUT2D eigenvalue weighted by Gasteiger charge is 2.01. The van der Waals surface area contributed by atoms with Crippen molar-refractivity contribution in [1.29, 1.82) is 0 Å². The molecular formula is C11H14BrN3O2. The lowest BCUT2D eigenvalue weighted by Gasteiger charge is -1.93. The number of carbonyl (C=O) groups excluding carboxylic acids is 1. The molecule has 0 fully saturated rings. The third kappa shape index (κ3) is 3.81. The number of hydrogen-bond acceptors (Lipinski definition) is 4. The smallest absolute Gasteiger partial charge is 0.293 e. The van der Waals surface area contributed by atoms with Gasteiger partial charge in [0.2, 0.25) is 0 Å². The number of ether oxygens (including phenoxy) is 1. The van der Waals surface area contributed by atoms with Gasteiger partial charge in [-0.2, -0.15) is 0 Å². The molecule has 2 aromatic rings. The first-order chi connectivity index (χ1) is 8.22. The zero-order valence-corrected chi connectivity index (χ0v) is 11.3. The van der Waals surface area contributed by atoms with Crippen LogP contribution in [0.25, 0.3) is 5.65 Å². The van der Waals surface area contributed by atoms with E-state index >= 15 is 0 Å². The van der Waals surface area contributed by atoms with Crippen LogP contribution in [-0.4, -0.2) is 27.4 Å². The molecule has 2 aromatic heterocycles. The number of halogens is 1. The standard InChI is InChI=1S/C8H8BrN3.C3H6O2/c1-2-6-5-12-7(9)3-10-4-8(12)11-6;1-2-5-3-4/h3-5H,2H2,1H3;3H,2H2,1H3. The van der Waals surface area contributed by atoms with E-state index in [0.717, 1.165) is 22.4 Å². The van der Waals surface area contributed by atoms with Crippen LogP contribution in [0.15, 0.2) is 23.2 Å². The van der Waals surface area contributed by atoms with Gasteiger partial charge < -0.3 is 4.74 Å². The highest BCUT2D eigenvalue weighted by atomic mass is 79.9. The number of rotatable bonds is 3. The van der Waals surface area contributed by atoms with Crippen LogP contribution in [0.3, 0.4) is 0 Å². The number of nitrogens with zero attached hydrogens (tertiary/aromatic N) is 3. The molecule has 0 unspecified atom stereocenters. The molecule has 0 saturated heterocycles. The lowest BCUT2D eigenvalue weighted by Crippen LogP contribution is -1.85. The molecule has 2 rings (SSSR count). The normalized spacial score (nSPS) is 9.59. The molecule has 5 nitrogen and oxygen atoms in total. The fraction of sp³-hybridized carbons (Fsp3) is 0.364. The number of aryl methyl sites for hydroxylation is 1. The number of hydrogen-bond donors (Lipinski definition) is 0. The van der Waals surface area contributed by atoms with Gasteiger partial charge >= 0.3 is 0 Å². The number of carbonyl (C=O) groups is 1. The van der Waals surface area contributed by atoms with Gasteiger partial charge in [0.05, 0.1) is 24.7 Å². The van der Waals surface area contributed by atoms with Gasteiger partial charge in [0.25, 0.3) is 6.47 Å². The van der Waals surface area contributed by atoms with Gasteiger partial charge in [-0.15, -0.1) is 0 Å². The van der Waals surface area contributed by atoms with Crippen molar-refractivity contribution < 1.29 is 9.53 Å². The quantitative estimate of drug-likeness (QED) is 0.816. The molecule has 0 saturated carbocycles. The Morgan fingerprint density at radius 2 is 2.24 bits per heavy atom. The first-order valence-corrected chi connectivity index (χ1v) is 6.04. The van der Waals surface area contributed by atoms with Crippen LogP contribution in [0.2, 0.25) is 0 Å². The maximum Gasteiger partial charge on any atom is 0.293 e. The van der Waals surface area contributed by atoms with Crippen molar-refractivity contribution in [3.05, 3.63) is 28.9 Å². The number of fused-ring (bicyclic) bond motifs is 1. The maximum absolute atomic E-state index is 9.18. The largest absolute Gasteiger partial charge is 0.468 e. The Labute approximate surface area is 108 Å². The highest BCUT2D eigenvalue weighted by molar-refractivity contribution is 9.10. The minimum Gasteiger partial charge on any atom is -0.468 e. The number of imidazole rings is 1. The van der Waals surface area contributed by atoms with Gasteiger partial charge in [-0.25, -0.2) is 4.98 Å². The lowest BCUT2D eigenvalue weighted by molar-refractivity contribution is -0.128. The average molecular weight is 300 g/mol. The van der Waals surface area contributed by atoms with Crippen molar-refractivity contribution in [2.45, 2.75) is 20.3 Å². The minimum atomic E-state index is 0.431. The first kappa shape index (κ1) is 13.6. The third-order valence-electron chi connectivity index (χ3n) is 1.98. The van der Waals surface area contributed by atoms with E-state index in [4.69, 9.17) is 0 Å². The van der Waals surface area contributed by atoms with Crippen LogP contribution in [-0.2, 0) is 16.0 Å². The molecule has 6 heteroatoms. The predicted octanol–water partition coefficient (Wildman–Crippen LogP) is 2.23. The minimum absolute atomic E-state index is 0.431. The highest BCUT2D eigenvalue weighted by Crippen LogP contribution is 2.12. The van der Waals surface area contributed by atoms with Gasteiger partial charge in [-0.3, -0.25) is 14.2 Å². The molecule has 92 valence electrons. The molecule has 0 bridgehead atoms. The second-order valence-corrected chi connectivity index (χ2v) is 3.91. The van der Waals surface area contributed by atoms with Gasteiger partial charge in [0, 0.05) is 6.20 Å². The summed E-state index contributed by atoms with van der Waals surface area (Å²) in [5.74, 6) is 0. The summed E-state index contributed by atoms with van der Waals surface area (Å²) in [6.45, 7) is 4.75. The molecule has 0 aliphatic rings. The summed E-state index contributed by atoms with van der Waals surface area (Å²) in [5.41, 5.74) is 1.98. The van der Waals surface area contributed by atoms with E-state index in [-0.39, 0.29) is 0 Å². The van der Waals surface area contributed by atoms with Crippen molar-refractivity contribution in [2.75, 3.05) is 6.61 Å². The summed E-state index contributed by atoms with van der Waals surface area (Å²) in [4.78, 5) is 17.6. The van der Waals surface area contributed by atoms with Crippen LogP contribution in [0.5, 0.6) is 0 Å². The predicted molar refractivity (Wildman–Crippen MR) is 67.8 cm³/mol. The second kappa shape index (κ2) is 7.01. The molecule has 2 heterocycles. The van der Waals surface area contributed by atoms with Crippen LogP contribution >= 0.6 is 15.9 Å². The van der Waals surface area contributed by atoms with E-state index in [0.29, 0.717) is 13.1 Å². The molecule has 0 amide bonds. The molecule has 0 aromatic carbocycles. The first-order valence-electron chi connectivity index (χ1n) is 5.25. The van der Waals surface area contributed by atoms with Crippen molar-refractivity contribution in [1.82, 2.24) is 14.4 Å². The van der Waals surface area contributed by atoms with Gasteiger partial charge in [0.15, 0.2) is 5.65 Å². The maximum atomic E-state index is 9.18. The molecule has 0 radical (unpaired) electrons. The lowest BCUT2D eigenvalue weighted by atomic mass is 10.4. The Bertz CT molecular complexity index is 485. The summed E-state index contributed by atoms with van der Waals surface area (Å²) < 4.78 is 7.07. The Hall–Kier alpha value is -1.43. The molecule has 0 spiro atoms. The Kier molecular flexibility index (Phi) is 5.62. The Morgan fingerprint density at radius 1 is 1.47 bits per heavy atom. The SMILES string of the molecule is CCOC=O.CCc1cn2c(Br)cncc2n1. The van der Waals surface area contributed by atoms with Gasteiger partial charge in [0.1, 0.15) is 4.60 Å². The van der Waals surface area contributed by atoms with E-state index in [1.165, 1.54) is 0 Å². The van der Waals surface area contributed by atoms with E-state index in [2.05, 4.69) is 37.6 Å². The van der Waals surface area contributed by atoms with Crippen molar-refractivity contribution in [2.24, 2.45) is 0 Å².